The van der Waals surface area contributed by atoms with Gasteiger partial charge in [-0.1, -0.05) is 6.08 Å². The lowest BCUT2D eigenvalue weighted by Crippen LogP contribution is -1.92. The maximum Gasteiger partial charge on any atom is 0.142 e. The molecule has 0 saturated heterocycles. The molecule has 0 N–H and O–H groups in total. The number of hydrogen-bond donors (Lipinski definition) is 0. The summed E-state index contributed by atoms with van der Waals surface area (Å²) < 4.78 is 0. The molecule has 0 saturated carbocycles. The molecule has 1 aliphatic heterocycles. The zero-order valence-electron chi connectivity index (χ0n) is 4.91. The monoisotopic (exact) mass is 189 g/mol. The van der Waals surface area contributed by atoms with Crippen LogP contribution in [0.5, 0.6) is 0 Å². The molecule has 0 fully saturated rings. The van der Waals surface area contributed by atoms with Crippen molar-refractivity contribution in [3.8, 4) is 0 Å². The van der Waals surface area contributed by atoms with E-state index in [9.17, 15) is 4.79 Å². The molecule has 0 spiro atoms. The predicted octanol–water partition coefficient (Wildman–Crippen LogP) is 1.51. The minimum Gasteiger partial charge on any atom is -0.299 e. The van der Waals surface area contributed by atoms with Crippen molar-refractivity contribution in [2.24, 2.45) is 4.99 Å². The van der Waals surface area contributed by atoms with Crippen molar-refractivity contribution in [2.75, 3.05) is 0 Å². The average molecular weight is 190 g/mol. The molecular weight excluding hydrogens is 182 g/mol. The fraction of sp³-hybridized carbons (Fsp3) is 0.333. The number of carbonyl (C=O) groups is 1. The van der Waals surface area contributed by atoms with Crippen molar-refractivity contribution < 1.29 is 4.79 Å². The summed E-state index contributed by atoms with van der Waals surface area (Å²) in [6.07, 6.45) is 6.09. The van der Waals surface area contributed by atoms with Crippen LogP contribution >= 0.6 is 17.0 Å². The zero-order valence-corrected chi connectivity index (χ0v) is 6.62. The minimum atomic E-state index is 0. The van der Waals surface area contributed by atoms with E-state index in [1.165, 1.54) is 0 Å². The van der Waals surface area contributed by atoms with Crippen LogP contribution in [0.4, 0.5) is 0 Å². The lowest BCUT2D eigenvalue weighted by Gasteiger charge is -1.82. The van der Waals surface area contributed by atoms with Crippen LogP contribution in [0.15, 0.2) is 17.3 Å². The highest BCUT2D eigenvalue weighted by atomic mass is 79.9. The second-order valence-corrected chi connectivity index (χ2v) is 1.66. The van der Waals surface area contributed by atoms with Gasteiger partial charge in [-0.05, 0) is 0 Å². The molecule has 0 unspecified atom stereocenters. The van der Waals surface area contributed by atoms with E-state index in [-0.39, 0.29) is 22.8 Å². The number of carbonyl (C=O) groups excluding carboxylic acids is 1. The summed E-state index contributed by atoms with van der Waals surface area (Å²) in [4.78, 5) is 14.3. The third-order valence-electron chi connectivity index (χ3n) is 0.961. The van der Waals surface area contributed by atoms with Crippen LogP contribution in [0.1, 0.15) is 12.8 Å². The fourth-order valence-electron chi connectivity index (χ4n) is 0.544. The average Bonchev–Trinajstić information content (AvgIpc) is 1.94. The second-order valence-electron chi connectivity index (χ2n) is 1.66. The Bertz CT molecular complexity index is 135. The molecule has 0 amide bonds. The first kappa shape index (κ1) is 8.56. The van der Waals surface area contributed by atoms with Gasteiger partial charge in [-0.3, -0.25) is 9.79 Å². The van der Waals surface area contributed by atoms with Gasteiger partial charge in [-0.15, -0.1) is 17.0 Å². The molecule has 2 nitrogen and oxygen atoms in total. The van der Waals surface area contributed by atoms with Gasteiger partial charge in [0, 0.05) is 25.3 Å². The number of allylic oxidation sites excluding steroid dienone is 1. The Morgan fingerprint density at radius 2 is 2.22 bits per heavy atom. The molecule has 50 valence electrons. The SMILES string of the molecule is Br.O=C1CC=CN=CC1. The van der Waals surface area contributed by atoms with Crippen LogP contribution in [0.3, 0.4) is 0 Å². The quantitative estimate of drug-likeness (QED) is 0.569. The van der Waals surface area contributed by atoms with Crippen LogP contribution < -0.4 is 0 Å². The predicted molar refractivity (Wildman–Crippen MR) is 42.2 cm³/mol. The molecule has 0 aliphatic carbocycles. The lowest BCUT2D eigenvalue weighted by atomic mass is 10.2. The number of nitrogens with zero attached hydrogens (tertiary/aromatic N) is 1. The van der Waals surface area contributed by atoms with E-state index in [1.807, 2.05) is 0 Å². The van der Waals surface area contributed by atoms with Gasteiger partial charge >= 0.3 is 0 Å². The van der Waals surface area contributed by atoms with Crippen molar-refractivity contribution in [3.63, 3.8) is 0 Å². The maximum absolute atomic E-state index is 10.5. The van der Waals surface area contributed by atoms with E-state index in [0.29, 0.717) is 12.8 Å². The Morgan fingerprint density at radius 3 is 3.00 bits per heavy atom. The highest BCUT2D eigenvalue weighted by Crippen LogP contribution is 1.93. The van der Waals surface area contributed by atoms with Gasteiger partial charge < -0.3 is 0 Å². The summed E-state index contributed by atoms with van der Waals surface area (Å²) in [5, 5.41) is 0. The third-order valence-corrected chi connectivity index (χ3v) is 0.961. The lowest BCUT2D eigenvalue weighted by molar-refractivity contribution is -0.117. The molecule has 0 atom stereocenters. The van der Waals surface area contributed by atoms with Gasteiger partial charge in [-0.2, -0.15) is 0 Å². The van der Waals surface area contributed by atoms with E-state index in [2.05, 4.69) is 4.99 Å². The van der Waals surface area contributed by atoms with Crippen molar-refractivity contribution in [1.29, 1.82) is 0 Å². The molecular formula is C6H8BrNO. The number of aliphatic imine (C=N–C) groups is 1. The van der Waals surface area contributed by atoms with Gasteiger partial charge in [0.05, 0.1) is 0 Å². The Balaban J connectivity index is 0.000000640. The summed E-state index contributed by atoms with van der Waals surface area (Å²) in [6.45, 7) is 0. The fourth-order valence-corrected chi connectivity index (χ4v) is 0.544. The van der Waals surface area contributed by atoms with Gasteiger partial charge in [0.2, 0.25) is 0 Å². The van der Waals surface area contributed by atoms with Crippen molar-refractivity contribution in [1.82, 2.24) is 0 Å². The van der Waals surface area contributed by atoms with E-state index in [1.54, 1.807) is 18.5 Å². The Morgan fingerprint density at radius 1 is 1.44 bits per heavy atom. The first-order valence-corrected chi connectivity index (χ1v) is 2.58. The van der Waals surface area contributed by atoms with E-state index < -0.39 is 0 Å². The molecule has 9 heavy (non-hydrogen) atoms. The largest absolute Gasteiger partial charge is 0.299 e. The second kappa shape index (κ2) is 4.44. The molecule has 3 heteroatoms. The van der Waals surface area contributed by atoms with Crippen LogP contribution in [-0.2, 0) is 4.79 Å². The van der Waals surface area contributed by atoms with Gasteiger partial charge in [-0.25, -0.2) is 0 Å². The topological polar surface area (TPSA) is 29.4 Å². The van der Waals surface area contributed by atoms with E-state index >= 15 is 0 Å². The normalized spacial score (nSPS) is 16.7. The Labute approximate surface area is 64.4 Å². The van der Waals surface area contributed by atoms with Crippen LogP contribution in [0.25, 0.3) is 0 Å². The van der Waals surface area contributed by atoms with Crippen LogP contribution in [0.2, 0.25) is 0 Å². The number of hydrogen-bond acceptors (Lipinski definition) is 2. The molecule has 0 bridgehead atoms. The number of ketones is 1. The zero-order chi connectivity index (χ0) is 5.82. The van der Waals surface area contributed by atoms with Crippen molar-refractivity contribution in [2.45, 2.75) is 12.8 Å². The van der Waals surface area contributed by atoms with Gasteiger partial charge in [0.15, 0.2) is 0 Å². The molecule has 1 aliphatic rings. The van der Waals surface area contributed by atoms with Gasteiger partial charge in [0.1, 0.15) is 5.78 Å². The Kier molecular flexibility index (Phi) is 4.22. The van der Waals surface area contributed by atoms with Crippen molar-refractivity contribution in [3.05, 3.63) is 12.3 Å². The highest BCUT2D eigenvalue weighted by molar-refractivity contribution is 8.93. The molecule has 0 aromatic heterocycles. The summed E-state index contributed by atoms with van der Waals surface area (Å²) >= 11 is 0. The summed E-state index contributed by atoms with van der Waals surface area (Å²) in [7, 11) is 0. The minimum absolute atomic E-state index is 0. The van der Waals surface area contributed by atoms with Crippen LogP contribution in [0, 0.1) is 0 Å². The number of rotatable bonds is 0. The first-order valence-electron chi connectivity index (χ1n) is 2.58. The standard InChI is InChI=1S/C6H7NO.BrH/c8-6-2-1-4-7-5-3-6;/h1,4-5H,2-3H2;1H. The first-order chi connectivity index (χ1) is 3.89. The summed E-state index contributed by atoms with van der Waals surface area (Å²) in [5.74, 6) is 0.238. The molecule has 0 radical (unpaired) electrons. The number of halogens is 1. The maximum atomic E-state index is 10.5. The summed E-state index contributed by atoms with van der Waals surface area (Å²) in [6, 6.07) is 0. The molecule has 0 aromatic rings. The van der Waals surface area contributed by atoms with Gasteiger partial charge in [0.25, 0.3) is 0 Å². The van der Waals surface area contributed by atoms with E-state index in [0.717, 1.165) is 0 Å². The Hall–Kier alpha value is -0.440. The number of Topliss-reactive ketones (excluding diaryl/α,β-unsaturated/α-hetero) is 1. The van der Waals surface area contributed by atoms with Crippen LogP contribution in [-0.4, -0.2) is 12.0 Å². The molecule has 1 heterocycles. The van der Waals surface area contributed by atoms with E-state index in [4.69, 9.17) is 0 Å². The third kappa shape index (κ3) is 3.19. The molecule has 1 rings (SSSR count). The highest BCUT2D eigenvalue weighted by Gasteiger charge is 1.96. The smallest absolute Gasteiger partial charge is 0.142 e. The molecule has 0 aromatic carbocycles. The van der Waals surface area contributed by atoms with Crippen molar-refractivity contribution >= 4 is 29.0 Å². The summed E-state index contributed by atoms with van der Waals surface area (Å²) in [5.41, 5.74) is 0.